The molecule has 0 unspecified atom stereocenters. The Bertz CT molecular complexity index is 636. The van der Waals surface area contributed by atoms with Crippen LogP contribution in [0.1, 0.15) is 12.5 Å². The van der Waals surface area contributed by atoms with Crippen LogP contribution in [0.2, 0.25) is 0 Å². The smallest absolute Gasteiger partial charge is 0.320 e. The number of amides is 3. The SMILES string of the molecule is C[C@@]1(c2ccc(-n3cnnn3)cc2)NC(=O)NC1=O. The fourth-order valence-electron chi connectivity index (χ4n) is 1.97. The zero-order valence-electron chi connectivity index (χ0n) is 9.99. The predicted molar refractivity (Wildman–Crippen MR) is 63.2 cm³/mol. The molecule has 0 saturated carbocycles. The highest BCUT2D eigenvalue weighted by molar-refractivity contribution is 6.07. The van der Waals surface area contributed by atoms with Crippen LogP contribution in [-0.2, 0) is 10.3 Å². The van der Waals surface area contributed by atoms with Crippen molar-refractivity contribution in [2.45, 2.75) is 12.5 Å². The van der Waals surface area contributed by atoms with Crippen LogP contribution in [0.25, 0.3) is 5.69 Å². The summed E-state index contributed by atoms with van der Waals surface area (Å²) in [7, 11) is 0. The van der Waals surface area contributed by atoms with E-state index in [1.807, 2.05) is 0 Å². The second kappa shape index (κ2) is 3.87. The number of carbonyl (C=O) groups excluding carboxylic acids is 2. The van der Waals surface area contributed by atoms with Crippen molar-refractivity contribution in [2.24, 2.45) is 0 Å². The third-order valence-electron chi connectivity index (χ3n) is 3.10. The molecule has 96 valence electrons. The van der Waals surface area contributed by atoms with E-state index in [0.29, 0.717) is 5.56 Å². The van der Waals surface area contributed by atoms with Crippen molar-refractivity contribution in [3.63, 3.8) is 0 Å². The molecule has 3 rings (SSSR count). The Balaban J connectivity index is 1.95. The molecule has 3 amide bonds. The Morgan fingerprint density at radius 3 is 2.47 bits per heavy atom. The predicted octanol–water partition coefficient (Wildman–Crippen LogP) is -0.283. The van der Waals surface area contributed by atoms with Crippen molar-refractivity contribution < 1.29 is 9.59 Å². The summed E-state index contributed by atoms with van der Waals surface area (Å²) >= 11 is 0. The van der Waals surface area contributed by atoms with Crippen LogP contribution in [0, 0.1) is 0 Å². The standard InChI is InChI=1S/C11H10N6O2/c1-11(9(18)13-10(19)14-11)7-2-4-8(5-3-7)17-6-12-15-16-17/h2-6H,1H3,(H2,13,14,18,19)/t11-/m0/s1. The van der Waals surface area contributed by atoms with Crippen molar-refractivity contribution in [1.29, 1.82) is 0 Å². The lowest BCUT2D eigenvalue weighted by molar-refractivity contribution is -0.123. The number of benzene rings is 1. The van der Waals surface area contributed by atoms with Gasteiger partial charge in [0, 0.05) is 0 Å². The fraction of sp³-hybridized carbons (Fsp3) is 0.182. The van der Waals surface area contributed by atoms with Crippen LogP contribution in [0.3, 0.4) is 0 Å². The van der Waals surface area contributed by atoms with Gasteiger partial charge in [-0.05, 0) is 35.0 Å². The first-order valence-corrected chi connectivity index (χ1v) is 5.57. The number of aromatic nitrogens is 4. The van der Waals surface area contributed by atoms with Gasteiger partial charge in [0.15, 0.2) is 0 Å². The summed E-state index contributed by atoms with van der Waals surface area (Å²) in [6, 6.07) is 6.56. The normalized spacial score (nSPS) is 22.2. The van der Waals surface area contributed by atoms with Gasteiger partial charge >= 0.3 is 6.03 Å². The van der Waals surface area contributed by atoms with Crippen LogP contribution in [0.5, 0.6) is 0 Å². The first kappa shape index (κ1) is 11.3. The average Bonchev–Trinajstić information content (AvgIpc) is 2.99. The van der Waals surface area contributed by atoms with Gasteiger partial charge in [-0.2, -0.15) is 0 Å². The van der Waals surface area contributed by atoms with Gasteiger partial charge in [0.2, 0.25) is 0 Å². The van der Waals surface area contributed by atoms with E-state index in [-0.39, 0.29) is 5.91 Å². The van der Waals surface area contributed by atoms with E-state index >= 15 is 0 Å². The Kier molecular flexibility index (Phi) is 2.31. The van der Waals surface area contributed by atoms with Gasteiger partial charge in [-0.3, -0.25) is 10.1 Å². The van der Waals surface area contributed by atoms with Crippen LogP contribution >= 0.6 is 0 Å². The number of carbonyl (C=O) groups is 2. The van der Waals surface area contributed by atoms with Crippen LogP contribution in [0.4, 0.5) is 4.79 Å². The maximum atomic E-state index is 11.8. The minimum Gasteiger partial charge on any atom is -0.320 e. The molecule has 1 aliphatic rings. The van der Waals surface area contributed by atoms with Crippen molar-refractivity contribution in [3.8, 4) is 5.69 Å². The summed E-state index contributed by atoms with van der Waals surface area (Å²) < 4.78 is 1.50. The van der Waals surface area contributed by atoms with Crippen molar-refractivity contribution in [1.82, 2.24) is 30.8 Å². The Morgan fingerprint density at radius 2 is 1.95 bits per heavy atom. The van der Waals surface area contributed by atoms with E-state index in [4.69, 9.17) is 0 Å². The van der Waals surface area contributed by atoms with Crippen LogP contribution in [-0.4, -0.2) is 32.1 Å². The molecule has 1 aromatic carbocycles. The van der Waals surface area contributed by atoms with E-state index in [9.17, 15) is 9.59 Å². The second-order valence-electron chi connectivity index (χ2n) is 4.33. The molecule has 1 atom stereocenters. The molecule has 1 saturated heterocycles. The summed E-state index contributed by atoms with van der Waals surface area (Å²) in [5.41, 5.74) is 0.408. The zero-order chi connectivity index (χ0) is 13.5. The molecule has 8 nitrogen and oxygen atoms in total. The summed E-state index contributed by atoms with van der Waals surface area (Å²) in [4.78, 5) is 23.0. The Morgan fingerprint density at radius 1 is 1.21 bits per heavy atom. The van der Waals surface area contributed by atoms with Crippen molar-refractivity contribution >= 4 is 11.9 Å². The molecule has 0 aliphatic carbocycles. The van der Waals surface area contributed by atoms with Gasteiger partial charge in [-0.25, -0.2) is 9.48 Å². The van der Waals surface area contributed by atoms with Gasteiger partial charge in [0.1, 0.15) is 11.9 Å². The molecule has 8 heteroatoms. The number of nitrogens with zero attached hydrogens (tertiary/aromatic N) is 4. The third-order valence-corrected chi connectivity index (χ3v) is 3.10. The lowest BCUT2D eigenvalue weighted by Gasteiger charge is -2.21. The molecule has 19 heavy (non-hydrogen) atoms. The minimum absolute atomic E-state index is 0.368. The first-order chi connectivity index (χ1) is 9.09. The molecule has 1 aliphatic heterocycles. The number of urea groups is 1. The monoisotopic (exact) mass is 258 g/mol. The lowest BCUT2D eigenvalue weighted by Crippen LogP contribution is -2.40. The largest absolute Gasteiger partial charge is 0.322 e. The molecular formula is C11H10N6O2. The third kappa shape index (κ3) is 1.73. The van der Waals surface area contributed by atoms with Crippen LogP contribution in [0.15, 0.2) is 30.6 Å². The molecule has 1 fully saturated rings. The summed E-state index contributed by atoms with van der Waals surface area (Å²) in [5, 5.41) is 15.7. The summed E-state index contributed by atoms with van der Waals surface area (Å²) in [6.45, 7) is 1.65. The molecule has 2 aromatic rings. The van der Waals surface area contributed by atoms with E-state index in [0.717, 1.165) is 5.69 Å². The zero-order valence-corrected chi connectivity index (χ0v) is 9.99. The number of imide groups is 1. The Hall–Kier alpha value is -2.77. The molecule has 0 bridgehead atoms. The van der Waals surface area contributed by atoms with Gasteiger partial charge in [-0.15, -0.1) is 5.10 Å². The second-order valence-corrected chi connectivity index (χ2v) is 4.33. The number of rotatable bonds is 2. The van der Waals surface area contributed by atoms with Crippen molar-refractivity contribution in [2.75, 3.05) is 0 Å². The fourth-order valence-corrected chi connectivity index (χ4v) is 1.97. The highest BCUT2D eigenvalue weighted by atomic mass is 16.2. The van der Waals surface area contributed by atoms with Gasteiger partial charge in [-0.1, -0.05) is 12.1 Å². The van der Waals surface area contributed by atoms with E-state index in [1.54, 1.807) is 31.2 Å². The van der Waals surface area contributed by atoms with Crippen molar-refractivity contribution in [3.05, 3.63) is 36.2 Å². The van der Waals surface area contributed by atoms with Gasteiger partial charge in [0.05, 0.1) is 5.69 Å². The van der Waals surface area contributed by atoms with Crippen LogP contribution < -0.4 is 10.6 Å². The van der Waals surface area contributed by atoms with E-state index in [1.165, 1.54) is 11.0 Å². The summed E-state index contributed by atoms with van der Waals surface area (Å²) in [6.07, 6.45) is 1.47. The molecule has 2 N–H and O–H groups in total. The minimum atomic E-state index is -1.05. The van der Waals surface area contributed by atoms with E-state index in [2.05, 4.69) is 26.2 Å². The maximum absolute atomic E-state index is 11.8. The topological polar surface area (TPSA) is 102 Å². The van der Waals surface area contributed by atoms with Gasteiger partial charge in [0.25, 0.3) is 5.91 Å². The quantitative estimate of drug-likeness (QED) is 0.721. The molecule has 0 radical (unpaired) electrons. The summed E-state index contributed by atoms with van der Waals surface area (Å²) in [5.74, 6) is -0.368. The number of nitrogens with one attached hydrogen (secondary N) is 2. The number of hydrogen-bond acceptors (Lipinski definition) is 5. The maximum Gasteiger partial charge on any atom is 0.322 e. The molecule has 0 spiro atoms. The number of tetrazole rings is 1. The van der Waals surface area contributed by atoms with E-state index < -0.39 is 11.6 Å². The highest BCUT2D eigenvalue weighted by Crippen LogP contribution is 2.24. The lowest BCUT2D eigenvalue weighted by atomic mass is 9.92. The molecular weight excluding hydrogens is 248 g/mol. The first-order valence-electron chi connectivity index (χ1n) is 5.57. The Labute approximate surface area is 107 Å². The highest BCUT2D eigenvalue weighted by Gasteiger charge is 2.43. The molecule has 2 heterocycles. The molecule has 1 aromatic heterocycles. The number of hydrogen-bond donors (Lipinski definition) is 2. The van der Waals surface area contributed by atoms with Gasteiger partial charge < -0.3 is 5.32 Å². The average molecular weight is 258 g/mol.